The van der Waals surface area contributed by atoms with Gasteiger partial charge in [0.2, 0.25) is 5.91 Å². The number of hydrogen-bond donors (Lipinski definition) is 1. The number of rotatable bonds is 3. The summed E-state index contributed by atoms with van der Waals surface area (Å²) in [5, 5.41) is 3.70. The van der Waals surface area contributed by atoms with E-state index in [1.54, 1.807) is 0 Å². The molecule has 0 unspecified atom stereocenters. The monoisotopic (exact) mass is 201 g/mol. The first-order valence-corrected chi connectivity index (χ1v) is 4.67. The zero-order valence-corrected chi connectivity index (χ0v) is 8.19. The van der Waals surface area contributed by atoms with Crippen LogP contribution < -0.4 is 5.32 Å². The Morgan fingerprint density at radius 1 is 1.47 bits per heavy atom. The van der Waals surface area contributed by atoms with Crippen LogP contribution in [0.2, 0.25) is 0 Å². The highest BCUT2D eigenvalue weighted by molar-refractivity contribution is 5.86. The SMILES string of the molecule is C=CC(=O)NCc1cc2ccccc2o1. The second-order valence-electron chi connectivity index (χ2n) is 3.17. The number of carbonyl (C=O) groups excluding carboxylic acids is 1. The molecular weight excluding hydrogens is 190 g/mol. The van der Waals surface area contributed by atoms with Gasteiger partial charge in [0.05, 0.1) is 6.54 Å². The maximum atomic E-state index is 10.9. The van der Waals surface area contributed by atoms with E-state index in [1.165, 1.54) is 6.08 Å². The lowest BCUT2D eigenvalue weighted by Crippen LogP contribution is -2.19. The Morgan fingerprint density at radius 3 is 3.00 bits per heavy atom. The smallest absolute Gasteiger partial charge is 0.243 e. The summed E-state index contributed by atoms with van der Waals surface area (Å²) < 4.78 is 5.51. The number of furan rings is 1. The predicted octanol–water partition coefficient (Wildman–Crippen LogP) is 2.24. The first-order valence-electron chi connectivity index (χ1n) is 4.67. The van der Waals surface area contributed by atoms with Crippen molar-refractivity contribution in [1.82, 2.24) is 5.32 Å². The minimum Gasteiger partial charge on any atom is -0.459 e. The maximum absolute atomic E-state index is 10.9. The highest BCUT2D eigenvalue weighted by atomic mass is 16.3. The summed E-state index contributed by atoms with van der Waals surface area (Å²) in [5.74, 6) is 0.543. The molecule has 1 N–H and O–H groups in total. The average Bonchev–Trinajstić information content (AvgIpc) is 2.68. The Bertz CT molecular complexity index is 466. The number of fused-ring (bicyclic) bond motifs is 1. The number of para-hydroxylation sites is 1. The molecule has 1 aromatic carbocycles. The van der Waals surface area contributed by atoms with Crippen LogP contribution in [0.4, 0.5) is 0 Å². The summed E-state index contributed by atoms with van der Waals surface area (Å²) in [6.07, 6.45) is 1.24. The van der Waals surface area contributed by atoms with Gasteiger partial charge in [-0.2, -0.15) is 0 Å². The lowest BCUT2D eigenvalue weighted by atomic mass is 10.2. The molecule has 2 aromatic rings. The average molecular weight is 201 g/mol. The number of hydrogen-bond acceptors (Lipinski definition) is 2. The van der Waals surface area contributed by atoms with Gasteiger partial charge in [0.1, 0.15) is 11.3 Å². The molecule has 1 aromatic heterocycles. The van der Waals surface area contributed by atoms with Crippen molar-refractivity contribution in [1.29, 1.82) is 0 Å². The van der Waals surface area contributed by atoms with Crippen LogP contribution in [0.25, 0.3) is 11.0 Å². The molecule has 0 bridgehead atoms. The Balaban J connectivity index is 2.15. The third-order valence-electron chi connectivity index (χ3n) is 2.10. The summed E-state index contributed by atoms with van der Waals surface area (Å²) in [4.78, 5) is 10.9. The third kappa shape index (κ3) is 2.07. The lowest BCUT2D eigenvalue weighted by Gasteiger charge is -1.96. The van der Waals surface area contributed by atoms with Crippen LogP contribution in [0.3, 0.4) is 0 Å². The van der Waals surface area contributed by atoms with Crippen LogP contribution in [-0.2, 0) is 11.3 Å². The van der Waals surface area contributed by atoms with Crippen molar-refractivity contribution in [2.24, 2.45) is 0 Å². The van der Waals surface area contributed by atoms with Gasteiger partial charge in [-0.15, -0.1) is 0 Å². The molecule has 0 radical (unpaired) electrons. The molecule has 0 fully saturated rings. The van der Waals surface area contributed by atoms with Crippen LogP contribution in [0.5, 0.6) is 0 Å². The molecular formula is C12H11NO2. The Hall–Kier alpha value is -2.03. The van der Waals surface area contributed by atoms with Gasteiger partial charge in [-0.05, 0) is 18.2 Å². The van der Waals surface area contributed by atoms with Crippen LogP contribution in [-0.4, -0.2) is 5.91 Å². The molecule has 0 aliphatic carbocycles. The minimum atomic E-state index is -0.199. The van der Waals surface area contributed by atoms with Crippen LogP contribution >= 0.6 is 0 Å². The van der Waals surface area contributed by atoms with Gasteiger partial charge < -0.3 is 9.73 Å². The first-order chi connectivity index (χ1) is 7.29. The van der Waals surface area contributed by atoms with Gasteiger partial charge in [0.15, 0.2) is 0 Å². The highest BCUT2D eigenvalue weighted by Gasteiger charge is 2.03. The molecule has 1 heterocycles. The number of amides is 1. The molecule has 15 heavy (non-hydrogen) atoms. The second-order valence-corrected chi connectivity index (χ2v) is 3.17. The molecule has 0 aliphatic heterocycles. The van der Waals surface area contributed by atoms with E-state index in [4.69, 9.17) is 4.42 Å². The van der Waals surface area contributed by atoms with E-state index in [0.29, 0.717) is 6.54 Å². The van der Waals surface area contributed by atoms with Gasteiger partial charge in [0.25, 0.3) is 0 Å². The van der Waals surface area contributed by atoms with Crippen LogP contribution in [0, 0.1) is 0 Å². The molecule has 3 nitrogen and oxygen atoms in total. The second kappa shape index (κ2) is 4.00. The van der Waals surface area contributed by atoms with E-state index < -0.39 is 0 Å². The van der Waals surface area contributed by atoms with Gasteiger partial charge in [-0.3, -0.25) is 4.79 Å². The summed E-state index contributed by atoms with van der Waals surface area (Å²) in [6.45, 7) is 3.76. The van der Waals surface area contributed by atoms with Gasteiger partial charge in [-0.1, -0.05) is 24.8 Å². The highest BCUT2D eigenvalue weighted by Crippen LogP contribution is 2.18. The fourth-order valence-corrected chi connectivity index (χ4v) is 1.37. The molecule has 0 aliphatic rings. The predicted molar refractivity (Wildman–Crippen MR) is 58.3 cm³/mol. The molecule has 1 amide bonds. The van der Waals surface area contributed by atoms with Gasteiger partial charge in [-0.25, -0.2) is 0 Å². The number of nitrogens with one attached hydrogen (secondary N) is 1. The molecule has 0 spiro atoms. The standard InChI is InChI=1S/C12H11NO2/c1-2-12(14)13-8-10-7-9-5-3-4-6-11(9)15-10/h2-7H,1,8H2,(H,13,14). The fourth-order valence-electron chi connectivity index (χ4n) is 1.37. The van der Waals surface area contributed by atoms with Crippen molar-refractivity contribution >= 4 is 16.9 Å². The van der Waals surface area contributed by atoms with Gasteiger partial charge in [0, 0.05) is 5.39 Å². The van der Waals surface area contributed by atoms with E-state index in [9.17, 15) is 4.79 Å². The fraction of sp³-hybridized carbons (Fsp3) is 0.0833. The molecule has 2 rings (SSSR count). The summed E-state index contributed by atoms with van der Waals surface area (Å²) in [6, 6.07) is 9.65. The molecule has 0 atom stereocenters. The van der Waals surface area contributed by atoms with E-state index in [2.05, 4.69) is 11.9 Å². The first kappa shape index (κ1) is 9.52. The Labute approximate surface area is 87.4 Å². The van der Waals surface area contributed by atoms with Crippen LogP contribution in [0.1, 0.15) is 5.76 Å². The lowest BCUT2D eigenvalue weighted by molar-refractivity contribution is -0.116. The van der Waals surface area contributed by atoms with E-state index in [-0.39, 0.29) is 5.91 Å². The van der Waals surface area contributed by atoms with Crippen molar-refractivity contribution in [2.45, 2.75) is 6.54 Å². The van der Waals surface area contributed by atoms with Gasteiger partial charge >= 0.3 is 0 Å². The van der Waals surface area contributed by atoms with Crippen molar-refractivity contribution in [3.05, 3.63) is 48.7 Å². The Kier molecular flexibility index (Phi) is 2.54. The van der Waals surface area contributed by atoms with E-state index >= 15 is 0 Å². The topological polar surface area (TPSA) is 42.2 Å². The third-order valence-corrected chi connectivity index (χ3v) is 2.10. The number of benzene rings is 1. The maximum Gasteiger partial charge on any atom is 0.243 e. The summed E-state index contributed by atoms with van der Waals surface area (Å²) in [5.41, 5.74) is 0.834. The summed E-state index contributed by atoms with van der Waals surface area (Å²) >= 11 is 0. The van der Waals surface area contributed by atoms with Crippen molar-refractivity contribution < 1.29 is 9.21 Å². The van der Waals surface area contributed by atoms with Crippen molar-refractivity contribution in [2.75, 3.05) is 0 Å². The largest absolute Gasteiger partial charge is 0.459 e. The van der Waals surface area contributed by atoms with Crippen LogP contribution in [0.15, 0.2) is 47.4 Å². The van der Waals surface area contributed by atoms with E-state index in [0.717, 1.165) is 16.7 Å². The number of carbonyl (C=O) groups is 1. The molecule has 76 valence electrons. The normalized spacial score (nSPS) is 10.1. The zero-order chi connectivity index (χ0) is 10.7. The quantitative estimate of drug-likeness (QED) is 0.774. The molecule has 0 saturated heterocycles. The summed E-state index contributed by atoms with van der Waals surface area (Å²) in [7, 11) is 0. The Morgan fingerprint density at radius 2 is 2.27 bits per heavy atom. The molecule has 0 saturated carbocycles. The van der Waals surface area contributed by atoms with E-state index in [1.807, 2.05) is 30.3 Å². The van der Waals surface area contributed by atoms with Crippen molar-refractivity contribution in [3.8, 4) is 0 Å². The molecule has 3 heteroatoms. The zero-order valence-electron chi connectivity index (χ0n) is 8.19. The minimum absolute atomic E-state index is 0.199. The van der Waals surface area contributed by atoms with Crippen molar-refractivity contribution in [3.63, 3.8) is 0 Å².